The second-order valence-corrected chi connectivity index (χ2v) is 5.14. The molecule has 1 rings (SSSR count). The Hall–Kier alpha value is -0.610. The molecule has 0 aromatic heterocycles. The molecule has 82 valence electrons. The largest absolute Gasteiger partial charge is 0.350 e. The summed E-state index contributed by atoms with van der Waals surface area (Å²) in [6, 6.07) is 0. The number of nitrogens with one attached hydrogen (secondary N) is 2. The van der Waals surface area contributed by atoms with Gasteiger partial charge in [0.2, 0.25) is 5.91 Å². The normalized spacial score (nSPS) is 28.6. The number of amides is 1. The number of rotatable bonds is 1. The molecule has 0 spiro atoms. The predicted octanol–water partition coefficient (Wildman–Crippen LogP) is -0.0180. The monoisotopic (exact) mass is 199 g/mol. The van der Waals surface area contributed by atoms with E-state index in [9.17, 15) is 4.79 Å². The molecule has 4 N–H and O–H groups in total. The first-order valence-electron chi connectivity index (χ1n) is 5.16. The first-order chi connectivity index (χ1) is 6.33. The number of carbonyl (C=O) groups is 1. The second kappa shape index (κ2) is 3.87. The van der Waals surface area contributed by atoms with Gasteiger partial charge in [-0.15, -0.1) is 0 Å². The number of piperidine rings is 1. The van der Waals surface area contributed by atoms with Crippen LogP contribution >= 0.6 is 0 Å². The molecular weight excluding hydrogens is 178 g/mol. The topological polar surface area (TPSA) is 67.2 Å². The Morgan fingerprint density at radius 2 is 2.14 bits per heavy atom. The lowest BCUT2D eigenvalue weighted by Crippen LogP contribution is -2.64. The van der Waals surface area contributed by atoms with Gasteiger partial charge in [-0.2, -0.15) is 0 Å². The molecule has 4 nitrogen and oxygen atoms in total. The minimum absolute atomic E-state index is 0.0443. The van der Waals surface area contributed by atoms with Crippen LogP contribution in [0.15, 0.2) is 0 Å². The van der Waals surface area contributed by atoms with Crippen molar-refractivity contribution in [3.05, 3.63) is 0 Å². The van der Waals surface area contributed by atoms with Crippen molar-refractivity contribution in [3.63, 3.8) is 0 Å². The summed E-state index contributed by atoms with van der Waals surface area (Å²) in [5, 5.41) is 6.08. The maximum absolute atomic E-state index is 11.9. The Kier molecular flexibility index (Phi) is 3.17. The molecule has 14 heavy (non-hydrogen) atoms. The van der Waals surface area contributed by atoms with Crippen molar-refractivity contribution < 1.29 is 4.79 Å². The molecule has 0 bridgehead atoms. The van der Waals surface area contributed by atoms with Gasteiger partial charge in [-0.25, -0.2) is 0 Å². The molecule has 1 fully saturated rings. The third-order valence-corrected chi connectivity index (χ3v) is 2.36. The van der Waals surface area contributed by atoms with Gasteiger partial charge >= 0.3 is 0 Å². The van der Waals surface area contributed by atoms with Crippen molar-refractivity contribution in [1.29, 1.82) is 0 Å². The van der Waals surface area contributed by atoms with Crippen molar-refractivity contribution in [2.24, 2.45) is 5.73 Å². The van der Waals surface area contributed by atoms with Crippen LogP contribution in [0, 0.1) is 0 Å². The molecule has 4 heteroatoms. The van der Waals surface area contributed by atoms with E-state index < -0.39 is 5.54 Å². The van der Waals surface area contributed by atoms with Crippen LogP contribution in [0.2, 0.25) is 0 Å². The summed E-state index contributed by atoms with van der Waals surface area (Å²) in [7, 11) is 0. The average molecular weight is 199 g/mol. The molecule has 1 unspecified atom stereocenters. The fourth-order valence-corrected chi connectivity index (χ4v) is 1.59. The Morgan fingerprint density at radius 1 is 1.50 bits per heavy atom. The van der Waals surface area contributed by atoms with Crippen molar-refractivity contribution in [3.8, 4) is 0 Å². The number of hydrogen-bond acceptors (Lipinski definition) is 3. The summed E-state index contributed by atoms with van der Waals surface area (Å²) in [5.41, 5.74) is 5.11. The van der Waals surface area contributed by atoms with E-state index in [-0.39, 0.29) is 11.4 Å². The maximum Gasteiger partial charge on any atom is 0.241 e. The van der Waals surface area contributed by atoms with E-state index in [1.54, 1.807) is 0 Å². The zero-order chi connectivity index (χ0) is 10.8. The standard InChI is InChI=1S/C10H21N3O/c1-9(2,3)13-8(14)10(11)5-4-6-12-7-10/h12H,4-7,11H2,1-3H3,(H,13,14). The molecule has 0 radical (unpaired) electrons. The van der Waals surface area contributed by atoms with E-state index in [1.165, 1.54) is 0 Å². The van der Waals surface area contributed by atoms with Crippen LogP contribution in [0.4, 0.5) is 0 Å². The van der Waals surface area contributed by atoms with Crippen LogP contribution in [-0.4, -0.2) is 30.1 Å². The first kappa shape index (κ1) is 11.5. The highest BCUT2D eigenvalue weighted by atomic mass is 16.2. The average Bonchev–Trinajstić information content (AvgIpc) is 2.02. The molecular formula is C10H21N3O. The highest BCUT2D eigenvalue weighted by Gasteiger charge is 2.36. The summed E-state index contributed by atoms with van der Waals surface area (Å²) < 4.78 is 0. The van der Waals surface area contributed by atoms with Crippen LogP contribution in [0.3, 0.4) is 0 Å². The summed E-state index contributed by atoms with van der Waals surface area (Å²) in [4.78, 5) is 11.9. The molecule has 1 aliphatic rings. The molecule has 1 saturated heterocycles. The van der Waals surface area contributed by atoms with Crippen molar-refractivity contribution >= 4 is 5.91 Å². The quantitative estimate of drug-likeness (QED) is 0.556. The van der Waals surface area contributed by atoms with E-state index in [2.05, 4.69) is 10.6 Å². The summed E-state index contributed by atoms with van der Waals surface area (Å²) >= 11 is 0. The van der Waals surface area contributed by atoms with Crippen LogP contribution < -0.4 is 16.4 Å². The fraction of sp³-hybridized carbons (Fsp3) is 0.900. The molecule has 0 aromatic rings. The van der Waals surface area contributed by atoms with E-state index in [0.717, 1.165) is 19.4 Å². The summed E-state index contributed by atoms with van der Waals surface area (Å²) in [6.45, 7) is 7.43. The van der Waals surface area contributed by atoms with E-state index in [1.807, 2.05) is 20.8 Å². The number of hydrogen-bond donors (Lipinski definition) is 3. The van der Waals surface area contributed by atoms with Gasteiger partial charge in [0.15, 0.2) is 0 Å². The first-order valence-corrected chi connectivity index (χ1v) is 5.16. The van der Waals surface area contributed by atoms with Gasteiger partial charge in [0.05, 0.1) is 0 Å². The van der Waals surface area contributed by atoms with Gasteiger partial charge in [0.1, 0.15) is 5.54 Å². The summed E-state index contributed by atoms with van der Waals surface area (Å²) in [5.74, 6) is -0.0443. The molecule has 0 aromatic carbocycles. The number of nitrogens with two attached hydrogens (primary N) is 1. The van der Waals surface area contributed by atoms with E-state index in [4.69, 9.17) is 5.73 Å². The van der Waals surface area contributed by atoms with Gasteiger partial charge in [0, 0.05) is 12.1 Å². The van der Waals surface area contributed by atoms with E-state index in [0.29, 0.717) is 6.54 Å². The molecule has 0 aliphatic carbocycles. The minimum Gasteiger partial charge on any atom is -0.350 e. The predicted molar refractivity (Wildman–Crippen MR) is 56.9 cm³/mol. The zero-order valence-corrected chi connectivity index (χ0v) is 9.31. The van der Waals surface area contributed by atoms with Crippen LogP contribution in [0.25, 0.3) is 0 Å². The lowest BCUT2D eigenvalue weighted by Gasteiger charge is -2.35. The fourth-order valence-electron chi connectivity index (χ4n) is 1.59. The van der Waals surface area contributed by atoms with Crippen LogP contribution in [0.1, 0.15) is 33.6 Å². The van der Waals surface area contributed by atoms with E-state index >= 15 is 0 Å². The van der Waals surface area contributed by atoms with Gasteiger partial charge < -0.3 is 16.4 Å². The van der Waals surface area contributed by atoms with Crippen LogP contribution in [-0.2, 0) is 4.79 Å². The molecule has 1 aliphatic heterocycles. The minimum atomic E-state index is -0.717. The Labute approximate surface area is 85.6 Å². The summed E-state index contributed by atoms with van der Waals surface area (Å²) in [6.07, 6.45) is 1.73. The third-order valence-electron chi connectivity index (χ3n) is 2.36. The highest BCUT2D eigenvalue weighted by molar-refractivity contribution is 5.87. The second-order valence-electron chi connectivity index (χ2n) is 5.14. The van der Waals surface area contributed by atoms with Crippen LogP contribution in [0.5, 0.6) is 0 Å². The van der Waals surface area contributed by atoms with Crippen molar-refractivity contribution in [2.45, 2.75) is 44.7 Å². The molecule has 1 amide bonds. The van der Waals surface area contributed by atoms with Gasteiger partial charge in [-0.3, -0.25) is 4.79 Å². The van der Waals surface area contributed by atoms with Crippen molar-refractivity contribution in [1.82, 2.24) is 10.6 Å². The Morgan fingerprint density at radius 3 is 2.57 bits per heavy atom. The van der Waals surface area contributed by atoms with Gasteiger partial charge in [0.25, 0.3) is 0 Å². The van der Waals surface area contributed by atoms with Crippen molar-refractivity contribution in [2.75, 3.05) is 13.1 Å². The number of carbonyl (C=O) groups excluding carboxylic acids is 1. The lowest BCUT2D eigenvalue weighted by atomic mass is 9.89. The highest BCUT2D eigenvalue weighted by Crippen LogP contribution is 2.14. The smallest absolute Gasteiger partial charge is 0.241 e. The zero-order valence-electron chi connectivity index (χ0n) is 9.31. The lowest BCUT2D eigenvalue weighted by molar-refractivity contribution is -0.128. The van der Waals surface area contributed by atoms with Gasteiger partial charge in [-0.05, 0) is 40.2 Å². The third kappa shape index (κ3) is 2.96. The molecule has 1 heterocycles. The van der Waals surface area contributed by atoms with Gasteiger partial charge in [-0.1, -0.05) is 0 Å². The molecule has 0 saturated carbocycles. The Bertz CT molecular complexity index is 214. The Balaban J connectivity index is 2.58. The maximum atomic E-state index is 11.9. The SMILES string of the molecule is CC(C)(C)NC(=O)C1(N)CCCNC1. The molecule has 1 atom stereocenters.